The second-order valence-corrected chi connectivity index (χ2v) is 5.92. The maximum absolute atomic E-state index is 4.53. The summed E-state index contributed by atoms with van der Waals surface area (Å²) in [6.07, 6.45) is 7.66. The van der Waals surface area contributed by atoms with Gasteiger partial charge in [0.05, 0.1) is 11.3 Å². The number of rotatable bonds is 5. The van der Waals surface area contributed by atoms with Crippen molar-refractivity contribution in [3.05, 3.63) is 23.0 Å². The summed E-state index contributed by atoms with van der Waals surface area (Å²) in [5.41, 5.74) is 2.32. The Morgan fingerprint density at radius 3 is 3.06 bits per heavy atom. The molecule has 0 atom stereocenters. The fraction of sp³-hybridized carbons (Fsp3) is 0.538. The van der Waals surface area contributed by atoms with E-state index in [4.69, 9.17) is 0 Å². The number of nitrogens with zero attached hydrogens (tertiary/aromatic N) is 3. The third-order valence-corrected chi connectivity index (χ3v) is 4.20. The van der Waals surface area contributed by atoms with Crippen molar-refractivity contribution in [1.82, 2.24) is 20.1 Å². The number of hydrogen-bond acceptors (Lipinski definition) is 4. The number of hydrogen-bond donors (Lipinski definition) is 1. The summed E-state index contributed by atoms with van der Waals surface area (Å²) in [4.78, 5) is 5.84. The minimum atomic E-state index is 0.750. The zero-order valence-corrected chi connectivity index (χ0v) is 11.6. The maximum Gasteiger partial charge on any atom is 0.127 e. The summed E-state index contributed by atoms with van der Waals surface area (Å²) in [7, 11) is 1.96. The molecule has 3 rings (SSSR count). The number of aromatic nitrogens is 3. The van der Waals surface area contributed by atoms with Crippen LogP contribution in [-0.2, 0) is 20.0 Å². The first-order chi connectivity index (χ1) is 8.76. The summed E-state index contributed by atoms with van der Waals surface area (Å²) < 4.78 is 1.87. The molecule has 18 heavy (non-hydrogen) atoms. The molecule has 2 aromatic rings. The molecule has 5 heteroatoms. The lowest BCUT2D eigenvalue weighted by Gasteiger charge is -1.97. The molecular formula is C13H18N4S. The third kappa shape index (κ3) is 2.47. The van der Waals surface area contributed by atoms with Crippen LogP contribution >= 0.6 is 11.3 Å². The normalized spacial score (nSPS) is 15.2. The van der Waals surface area contributed by atoms with E-state index in [0.717, 1.165) is 29.7 Å². The van der Waals surface area contributed by atoms with E-state index in [1.165, 1.54) is 23.3 Å². The van der Waals surface area contributed by atoms with Crippen LogP contribution in [0.1, 0.15) is 30.3 Å². The molecule has 2 aromatic heterocycles. The van der Waals surface area contributed by atoms with Crippen LogP contribution in [0.15, 0.2) is 12.4 Å². The Morgan fingerprint density at radius 2 is 2.33 bits per heavy atom. The van der Waals surface area contributed by atoms with Gasteiger partial charge in [0.15, 0.2) is 0 Å². The van der Waals surface area contributed by atoms with E-state index >= 15 is 0 Å². The second kappa shape index (κ2) is 4.82. The van der Waals surface area contributed by atoms with E-state index in [1.807, 2.05) is 17.9 Å². The first-order valence-corrected chi connectivity index (χ1v) is 7.29. The van der Waals surface area contributed by atoms with E-state index in [-0.39, 0.29) is 0 Å². The standard InChI is InChI=1S/C13H18N4S/c1-3-12-11(8-17(2)16-12)13-15-7-10(18-13)6-14-9-4-5-9/h7-9,14H,3-6H2,1-2H3. The Balaban J connectivity index is 1.78. The quantitative estimate of drug-likeness (QED) is 0.899. The average molecular weight is 262 g/mol. The first-order valence-electron chi connectivity index (χ1n) is 6.47. The molecule has 1 N–H and O–H groups in total. The summed E-state index contributed by atoms with van der Waals surface area (Å²) in [6.45, 7) is 3.08. The van der Waals surface area contributed by atoms with Gasteiger partial charge in [-0.2, -0.15) is 5.10 Å². The van der Waals surface area contributed by atoms with Crippen LogP contribution in [-0.4, -0.2) is 20.8 Å². The number of thiazole rings is 1. The summed E-state index contributed by atoms with van der Waals surface area (Å²) in [5.74, 6) is 0. The van der Waals surface area contributed by atoms with Crippen molar-refractivity contribution in [3.63, 3.8) is 0 Å². The van der Waals surface area contributed by atoms with Gasteiger partial charge < -0.3 is 5.32 Å². The molecule has 0 amide bonds. The first kappa shape index (κ1) is 11.9. The predicted molar refractivity (Wildman–Crippen MR) is 73.6 cm³/mol. The van der Waals surface area contributed by atoms with Gasteiger partial charge in [0.1, 0.15) is 5.01 Å². The van der Waals surface area contributed by atoms with Crippen molar-refractivity contribution in [2.24, 2.45) is 7.05 Å². The minimum Gasteiger partial charge on any atom is -0.309 e. The van der Waals surface area contributed by atoms with Gasteiger partial charge in [0, 0.05) is 36.9 Å². The van der Waals surface area contributed by atoms with Gasteiger partial charge in [-0.05, 0) is 19.3 Å². The molecule has 1 aliphatic rings. The van der Waals surface area contributed by atoms with Crippen molar-refractivity contribution in [3.8, 4) is 10.6 Å². The zero-order valence-electron chi connectivity index (χ0n) is 10.8. The molecular weight excluding hydrogens is 244 g/mol. The molecule has 1 aliphatic carbocycles. The Morgan fingerprint density at radius 1 is 1.50 bits per heavy atom. The van der Waals surface area contributed by atoms with Gasteiger partial charge in [0.2, 0.25) is 0 Å². The van der Waals surface area contributed by atoms with Crippen LogP contribution in [0.4, 0.5) is 0 Å². The fourth-order valence-electron chi connectivity index (χ4n) is 2.02. The molecule has 2 heterocycles. The molecule has 96 valence electrons. The van der Waals surface area contributed by atoms with E-state index in [2.05, 4.69) is 28.5 Å². The van der Waals surface area contributed by atoms with E-state index in [1.54, 1.807) is 11.3 Å². The van der Waals surface area contributed by atoms with Crippen molar-refractivity contribution in [2.45, 2.75) is 38.8 Å². The van der Waals surface area contributed by atoms with Crippen molar-refractivity contribution < 1.29 is 0 Å². The highest BCUT2D eigenvalue weighted by molar-refractivity contribution is 7.15. The molecule has 0 radical (unpaired) electrons. The predicted octanol–water partition coefficient (Wildman–Crippen LogP) is 2.36. The zero-order chi connectivity index (χ0) is 12.5. The summed E-state index contributed by atoms with van der Waals surface area (Å²) in [6, 6.07) is 0.750. The minimum absolute atomic E-state index is 0.750. The van der Waals surface area contributed by atoms with Gasteiger partial charge in [0.25, 0.3) is 0 Å². The van der Waals surface area contributed by atoms with Gasteiger partial charge >= 0.3 is 0 Å². The van der Waals surface area contributed by atoms with E-state index < -0.39 is 0 Å². The van der Waals surface area contributed by atoms with Gasteiger partial charge in [-0.1, -0.05) is 6.92 Å². The molecule has 0 bridgehead atoms. The summed E-state index contributed by atoms with van der Waals surface area (Å²) in [5, 5.41) is 9.08. The molecule has 0 unspecified atom stereocenters. The van der Waals surface area contributed by atoms with Gasteiger partial charge in [-0.25, -0.2) is 4.98 Å². The summed E-state index contributed by atoms with van der Waals surface area (Å²) >= 11 is 1.77. The van der Waals surface area contributed by atoms with Crippen LogP contribution in [0.3, 0.4) is 0 Å². The smallest absolute Gasteiger partial charge is 0.127 e. The van der Waals surface area contributed by atoms with E-state index in [9.17, 15) is 0 Å². The van der Waals surface area contributed by atoms with E-state index in [0.29, 0.717) is 0 Å². The highest BCUT2D eigenvalue weighted by atomic mass is 32.1. The molecule has 0 saturated heterocycles. The Labute approximate surface area is 111 Å². The van der Waals surface area contributed by atoms with Crippen LogP contribution in [0.25, 0.3) is 10.6 Å². The topological polar surface area (TPSA) is 42.7 Å². The highest BCUT2D eigenvalue weighted by Gasteiger charge is 2.20. The Bertz CT molecular complexity index is 539. The van der Waals surface area contributed by atoms with Crippen molar-refractivity contribution in [2.75, 3.05) is 0 Å². The van der Waals surface area contributed by atoms with Gasteiger partial charge in [-0.15, -0.1) is 11.3 Å². The number of nitrogens with one attached hydrogen (secondary N) is 1. The molecule has 1 saturated carbocycles. The maximum atomic E-state index is 4.53. The largest absolute Gasteiger partial charge is 0.309 e. The lowest BCUT2D eigenvalue weighted by atomic mass is 10.2. The average Bonchev–Trinajstić information content (AvgIpc) is 2.94. The van der Waals surface area contributed by atoms with Crippen LogP contribution in [0.2, 0.25) is 0 Å². The Hall–Kier alpha value is -1.20. The lowest BCUT2D eigenvalue weighted by molar-refractivity contribution is 0.694. The van der Waals surface area contributed by atoms with Crippen molar-refractivity contribution >= 4 is 11.3 Å². The lowest BCUT2D eigenvalue weighted by Crippen LogP contribution is -2.14. The third-order valence-electron chi connectivity index (χ3n) is 3.17. The number of aryl methyl sites for hydroxylation is 2. The molecule has 0 aromatic carbocycles. The SMILES string of the molecule is CCc1nn(C)cc1-c1ncc(CNC2CC2)s1. The highest BCUT2D eigenvalue weighted by Crippen LogP contribution is 2.28. The molecule has 1 fully saturated rings. The Kier molecular flexibility index (Phi) is 3.18. The van der Waals surface area contributed by atoms with Crippen LogP contribution in [0, 0.1) is 0 Å². The molecule has 4 nitrogen and oxygen atoms in total. The fourth-order valence-corrected chi connectivity index (χ4v) is 2.92. The van der Waals surface area contributed by atoms with Gasteiger partial charge in [-0.3, -0.25) is 4.68 Å². The monoisotopic (exact) mass is 262 g/mol. The van der Waals surface area contributed by atoms with Crippen LogP contribution < -0.4 is 5.32 Å². The van der Waals surface area contributed by atoms with Crippen LogP contribution in [0.5, 0.6) is 0 Å². The van der Waals surface area contributed by atoms with Crippen molar-refractivity contribution in [1.29, 1.82) is 0 Å². The second-order valence-electron chi connectivity index (χ2n) is 4.80. The molecule has 0 aliphatic heterocycles. The molecule has 0 spiro atoms.